The van der Waals surface area contributed by atoms with Gasteiger partial charge in [-0.2, -0.15) is 0 Å². The fraction of sp³-hybridized carbons (Fsp3) is 0.500. The predicted octanol–water partition coefficient (Wildman–Crippen LogP) is 1.35. The summed E-state index contributed by atoms with van der Waals surface area (Å²) in [7, 11) is 1.91. The summed E-state index contributed by atoms with van der Waals surface area (Å²) in [4.78, 5) is 24.2. The maximum atomic E-state index is 12.2. The second kappa shape index (κ2) is 6.47. The number of nitrogens with zero attached hydrogens (tertiary/aromatic N) is 2. The predicted molar refractivity (Wildman–Crippen MR) is 75.5 cm³/mol. The average molecular weight is 277 g/mol. The van der Waals surface area contributed by atoms with E-state index in [9.17, 15) is 14.9 Å². The first-order valence-corrected chi connectivity index (χ1v) is 6.78. The summed E-state index contributed by atoms with van der Waals surface area (Å²) >= 11 is 0. The van der Waals surface area contributed by atoms with Gasteiger partial charge in [-0.25, -0.2) is 0 Å². The maximum Gasteiger partial charge on any atom is 0.269 e. The zero-order valence-electron chi connectivity index (χ0n) is 11.5. The highest BCUT2D eigenvalue weighted by molar-refractivity contribution is 5.79. The third-order valence-corrected chi connectivity index (χ3v) is 3.68. The van der Waals surface area contributed by atoms with Crippen LogP contribution < -0.4 is 5.32 Å². The molecule has 0 saturated carbocycles. The van der Waals surface area contributed by atoms with Gasteiger partial charge in [0.05, 0.1) is 11.3 Å². The minimum absolute atomic E-state index is 0.0504. The molecule has 0 spiro atoms. The molecular formula is C14H19N3O3. The van der Waals surface area contributed by atoms with E-state index < -0.39 is 4.92 Å². The molecule has 6 nitrogen and oxygen atoms in total. The van der Waals surface area contributed by atoms with Gasteiger partial charge in [0, 0.05) is 31.3 Å². The van der Waals surface area contributed by atoms with Crippen LogP contribution in [0.5, 0.6) is 0 Å². The van der Waals surface area contributed by atoms with Crippen molar-refractivity contribution in [1.29, 1.82) is 0 Å². The molecule has 20 heavy (non-hydrogen) atoms. The zero-order chi connectivity index (χ0) is 14.5. The number of piperidine rings is 1. The lowest BCUT2D eigenvalue weighted by Crippen LogP contribution is -2.47. The lowest BCUT2D eigenvalue weighted by molar-refractivity contribution is -0.384. The lowest BCUT2D eigenvalue weighted by atomic mass is 10.0. The largest absolute Gasteiger partial charge is 0.341 e. The van der Waals surface area contributed by atoms with Crippen LogP contribution in [0.2, 0.25) is 0 Å². The van der Waals surface area contributed by atoms with Gasteiger partial charge in [-0.05, 0) is 25.5 Å². The number of likely N-dealkylation sites (N-methyl/N-ethyl adjacent to an activating group) is 1. The van der Waals surface area contributed by atoms with E-state index in [-0.39, 0.29) is 11.6 Å². The van der Waals surface area contributed by atoms with Crippen LogP contribution in [0.15, 0.2) is 24.3 Å². The molecule has 108 valence electrons. The van der Waals surface area contributed by atoms with Crippen LogP contribution in [0.4, 0.5) is 5.69 Å². The van der Waals surface area contributed by atoms with Crippen molar-refractivity contribution in [3.05, 3.63) is 39.9 Å². The number of nitro groups is 1. The van der Waals surface area contributed by atoms with Crippen LogP contribution in [0.3, 0.4) is 0 Å². The maximum absolute atomic E-state index is 12.2. The number of carbonyl (C=O) groups is 1. The van der Waals surface area contributed by atoms with E-state index in [1.54, 1.807) is 12.1 Å². The van der Waals surface area contributed by atoms with Gasteiger partial charge in [0.2, 0.25) is 5.91 Å². The Bertz CT molecular complexity index is 487. The van der Waals surface area contributed by atoms with Gasteiger partial charge in [0.1, 0.15) is 0 Å². The van der Waals surface area contributed by atoms with Crippen LogP contribution >= 0.6 is 0 Å². The number of rotatable bonds is 4. The Kier molecular flexibility index (Phi) is 4.68. The van der Waals surface area contributed by atoms with Crippen molar-refractivity contribution < 1.29 is 9.72 Å². The number of nitrogens with one attached hydrogen (secondary N) is 1. The molecule has 6 heteroatoms. The van der Waals surface area contributed by atoms with Crippen molar-refractivity contribution >= 4 is 11.6 Å². The molecule has 0 radical (unpaired) electrons. The van der Waals surface area contributed by atoms with Crippen LogP contribution in [-0.4, -0.2) is 41.9 Å². The minimum atomic E-state index is -0.437. The topological polar surface area (TPSA) is 75.5 Å². The quantitative estimate of drug-likeness (QED) is 0.666. The van der Waals surface area contributed by atoms with Gasteiger partial charge >= 0.3 is 0 Å². The van der Waals surface area contributed by atoms with Crippen LogP contribution in [0.25, 0.3) is 0 Å². The summed E-state index contributed by atoms with van der Waals surface area (Å²) in [6.45, 7) is 1.53. The van der Waals surface area contributed by atoms with Gasteiger partial charge in [-0.3, -0.25) is 14.9 Å². The molecular weight excluding hydrogens is 258 g/mol. The molecule has 0 bridgehead atoms. The molecule has 1 aliphatic rings. The van der Waals surface area contributed by atoms with E-state index in [1.807, 2.05) is 11.9 Å². The van der Waals surface area contributed by atoms with Gasteiger partial charge in [0.15, 0.2) is 0 Å². The number of amides is 1. The first-order chi connectivity index (χ1) is 9.60. The molecule has 1 heterocycles. The second-order valence-corrected chi connectivity index (χ2v) is 5.07. The Balaban J connectivity index is 1.95. The number of nitro benzene ring substituents is 1. The molecule has 0 aromatic heterocycles. The Morgan fingerprint density at radius 3 is 2.75 bits per heavy atom. The number of carbonyl (C=O) groups excluding carboxylic acids is 1. The number of hydrogen-bond acceptors (Lipinski definition) is 4. The Labute approximate surface area is 117 Å². The molecule has 1 amide bonds. The first-order valence-electron chi connectivity index (χ1n) is 6.78. The van der Waals surface area contributed by atoms with Gasteiger partial charge < -0.3 is 10.2 Å². The highest BCUT2D eigenvalue weighted by Gasteiger charge is 2.22. The molecule has 1 aromatic rings. The van der Waals surface area contributed by atoms with E-state index in [2.05, 4.69) is 5.32 Å². The Hall–Kier alpha value is -1.95. The summed E-state index contributed by atoms with van der Waals surface area (Å²) in [5.74, 6) is 0.0822. The molecule has 1 N–H and O–H groups in total. The standard InChI is InChI=1S/C14H19N3O3/c1-15-12-3-2-8-16(10-12)14(18)9-11-4-6-13(7-5-11)17(19)20/h4-7,12,15H,2-3,8-10H2,1H3. The summed E-state index contributed by atoms with van der Waals surface area (Å²) in [5.41, 5.74) is 0.863. The summed E-state index contributed by atoms with van der Waals surface area (Å²) in [6, 6.07) is 6.54. The average Bonchev–Trinajstić information content (AvgIpc) is 2.47. The smallest absolute Gasteiger partial charge is 0.269 e. The number of hydrogen-bond donors (Lipinski definition) is 1. The molecule has 1 saturated heterocycles. The zero-order valence-corrected chi connectivity index (χ0v) is 11.5. The van der Waals surface area contributed by atoms with Crippen LogP contribution in [-0.2, 0) is 11.2 Å². The molecule has 2 rings (SSSR count). The van der Waals surface area contributed by atoms with Gasteiger partial charge in [-0.15, -0.1) is 0 Å². The highest BCUT2D eigenvalue weighted by Crippen LogP contribution is 2.15. The van der Waals surface area contributed by atoms with Gasteiger partial charge in [-0.1, -0.05) is 12.1 Å². The van der Waals surface area contributed by atoms with E-state index in [4.69, 9.17) is 0 Å². The number of non-ortho nitro benzene ring substituents is 1. The third-order valence-electron chi connectivity index (χ3n) is 3.68. The fourth-order valence-corrected chi connectivity index (χ4v) is 2.46. The van der Waals surface area contributed by atoms with Crippen molar-refractivity contribution in [2.45, 2.75) is 25.3 Å². The van der Waals surface area contributed by atoms with E-state index in [0.717, 1.165) is 31.5 Å². The SMILES string of the molecule is CNC1CCCN(C(=O)Cc2ccc([N+](=O)[O-])cc2)C1. The first kappa shape index (κ1) is 14.5. The molecule has 0 aliphatic carbocycles. The number of benzene rings is 1. The Morgan fingerprint density at radius 2 is 2.15 bits per heavy atom. The number of likely N-dealkylation sites (tertiary alicyclic amines) is 1. The summed E-state index contributed by atoms with van der Waals surface area (Å²) in [5, 5.41) is 13.8. The normalized spacial score (nSPS) is 18.9. The third kappa shape index (κ3) is 3.54. The highest BCUT2D eigenvalue weighted by atomic mass is 16.6. The van der Waals surface area contributed by atoms with Crippen molar-refractivity contribution in [1.82, 2.24) is 10.2 Å². The van der Waals surface area contributed by atoms with E-state index in [1.165, 1.54) is 12.1 Å². The monoisotopic (exact) mass is 277 g/mol. The van der Waals surface area contributed by atoms with Crippen LogP contribution in [0.1, 0.15) is 18.4 Å². The second-order valence-electron chi connectivity index (χ2n) is 5.07. The summed E-state index contributed by atoms with van der Waals surface area (Å²) < 4.78 is 0. The lowest BCUT2D eigenvalue weighted by Gasteiger charge is -2.32. The minimum Gasteiger partial charge on any atom is -0.341 e. The fourth-order valence-electron chi connectivity index (χ4n) is 2.46. The van der Waals surface area contributed by atoms with Crippen molar-refractivity contribution in [3.8, 4) is 0 Å². The van der Waals surface area contributed by atoms with Crippen molar-refractivity contribution in [2.24, 2.45) is 0 Å². The molecule has 1 fully saturated rings. The molecule has 1 unspecified atom stereocenters. The molecule has 1 aliphatic heterocycles. The molecule has 1 atom stereocenters. The summed E-state index contributed by atoms with van der Waals surface area (Å²) in [6.07, 6.45) is 2.41. The Morgan fingerprint density at radius 1 is 1.45 bits per heavy atom. The van der Waals surface area contributed by atoms with Crippen molar-refractivity contribution in [3.63, 3.8) is 0 Å². The van der Waals surface area contributed by atoms with Crippen LogP contribution in [0, 0.1) is 10.1 Å². The van der Waals surface area contributed by atoms with Crippen molar-refractivity contribution in [2.75, 3.05) is 20.1 Å². The van der Waals surface area contributed by atoms with Gasteiger partial charge in [0.25, 0.3) is 5.69 Å². The van der Waals surface area contributed by atoms with E-state index in [0.29, 0.717) is 12.5 Å². The van der Waals surface area contributed by atoms with E-state index >= 15 is 0 Å². The molecule has 1 aromatic carbocycles.